The van der Waals surface area contributed by atoms with E-state index in [9.17, 15) is 0 Å². The second-order valence-electron chi connectivity index (χ2n) is 4.93. The number of hydrogen-bond acceptors (Lipinski definition) is 0. The second kappa shape index (κ2) is 10.1. The maximum Gasteiger partial charge on any atom is 0.253 e. The zero-order valence-electron chi connectivity index (χ0n) is 13.7. The Morgan fingerprint density at radius 3 is 1.35 bits per heavy atom. The highest BCUT2D eigenvalue weighted by Gasteiger charge is 1.98. The van der Waals surface area contributed by atoms with E-state index in [1.54, 1.807) is 0 Å². The van der Waals surface area contributed by atoms with Crippen LogP contribution in [0.15, 0.2) is 48.5 Å². The van der Waals surface area contributed by atoms with Gasteiger partial charge in [-0.2, -0.15) is 0 Å². The van der Waals surface area contributed by atoms with Crippen molar-refractivity contribution in [3.05, 3.63) is 65.2 Å². The first-order valence-electron chi connectivity index (χ1n) is 7.34. The van der Waals surface area contributed by atoms with Crippen molar-refractivity contribution in [3.63, 3.8) is 0 Å². The average molecular weight is 273 g/mol. The Labute approximate surface area is 124 Å². The van der Waals surface area contributed by atoms with E-state index in [0.29, 0.717) is 11.7 Å². The molecule has 0 aliphatic rings. The highest BCUT2D eigenvalue weighted by Crippen LogP contribution is 2.16. The maximum absolute atomic E-state index is 7.23. The van der Waals surface area contributed by atoms with Crippen molar-refractivity contribution < 1.29 is 5.11 Å². The molecule has 0 aliphatic carbocycles. The Bertz CT molecular complexity index is 431. The van der Waals surface area contributed by atoms with Gasteiger partial charge in [-0.3, -0.25) is 0 Å². The molecule has 0 aromatic heterocycles. The van der Waals surface area contributed by atoms with Crippen molar-refractivity contribution in [1.82, 2.24) is 0 Å². The van der Waals surface area contributed by atoms with Crippen molar-refractivity contribution >= 4 is 0 Å². The van der Waals surface area contributed by atoms with Gasteiger partial charge in [0.05, 0.1) is 0 Å². The van der Waals surface area contributed by atoms with Crippen LogP contribution in [0.3, 0.4) is 0 Å². The van der Waals surface area contributed by atoms with E-state index in [1.165, 1.54) is 16.7 Å². The smallest absolute Gasteiger partial charge is 0.253 e. The van der Waals surface area contributed by atoms with Gasteiger partial charge in [-0.1, -0.05) is 63.1 Å². The van der Waals surface area contributed by atoms with Gasteiger partial charge in [-0.15, -0.1) is 0 Å². The van der Waals surface area contributed by atoms with Gasteiger partial charge in [0.2, 0.25) is 0 Å². The van der Waals surface area contributed by atoms with Gasteiger partial charge in [-0.05, 0) is 37.5 Å². The van der Waals surface area contributed by atoms with Crippen LogP contribution in [0.1, 0.15) is 50.3 Å². The predicted molar refractivity (Wildman–Crippen MR) is 90.9 cm³/mol. The lowest BCUT2D eigenvalue weighted by molar-refractivity contribution is 0.475. The molecule has 0 unspecified atom stereocenters. The lowest BCUT2D eigenvalue weighted by Crippen LogP contribution is -1.84. The Morgan fingerprint density at radius 1 is 0.700 bits per heavy atom. The van der Waals surface area contributed by atoms with Gasteiger partial charge < -0.3 is 5.11 Å². The van der Waals surface area contributed by atoms with Crippen molar-refractivity contribution in [2.45, 2.75) is 47.5 Å². The van der Waals surface area contributed by atoms with Crippen LogP contribution in [0.2, 0.25) is 0 Å². The molecule has 0 amide bonds. The number of hydrogen-bond donors (Lipinski definition) is 0. The molecule has 0 saturated heterocycles. The summed E-state index contributed by atoms with van der Waals surface area (Å²) in [4.78, 5) is 0. The summed E-state index contributed by atoms with van der Waals surface area (Å²) >= 11 is 0. The highest BCUT2D eigenvalue weighted by atomic mass is 16.3. The molecular weight excluding hydrogens is 244 g/mol. The Kier molecular flexibility index (Phi) is 9.19. The van der Waals surface area contributed by atoms with Crippen molar-refractivity contribution in [2.24, 2.45) is 0 Å². The molecule has 0 bridgehead atoms. The summed E-state index contributed by atoms with van der Waals surface area (Å²) in [6.07, 6.45) is 0. The minimum absolute atomic E-state index is 0.570. The van der Waals surface area contributed by atoms with Gasteiger partial charge in [0.1, 0.15) is 0 Å². The zero-order valence-corrected chi connectivity index (χ0v) is 13.7. The summed E-state index contributed by atoms with van der Waals surface area (Å²) in [7, 11) is 0. The molecule has 1 nitrogen and oxygen atoms in total. The molecule has 110 valence electrons. The van der Waals surface area contributed by atoms with Crippen LogP contribution in [0.25, 0.3) is 0 Å². The summed E-state index contributed by atoms with van der Waals surface area (Å²) in [6.45, 7) is 12.5. The van der Waals surface area contributed by atoms with E-state index >= 15 is 0 Å². The van der Waals surface area contributed by atoms with Crippen LogP contribution in [0.4, 0.5) is 0 Å². The summed E-state index contributed by atoms with van der Waals surface area (Å²) in [5, 5.41) is 7.23. The third kappa shape index (κ3) is 7.63. The third-order valence-electron chi connectivity index (χ3n) is 2.80. The quantitative estimate of drug-likeness (QED) is 0.606. The maximum atomic E-state index is 7.23. The molecule has 0 atom stereocenters. The molecule has 2 aromatic carbocycles. The van der Waals surface area contributed by atoms with Crippen LogP contribution in [-0.2, 0) is 0 Å². The van der Waals surface area contributed by atoms with E-state index in [4.69, 9.17) is 5.11 Å². The molecule has 1 heteroatoms. The van der Waals surface area contributed by atoms with E-state index in [1.807, 2.05) is 38.1 Å². The Morgan fingerprint density at radius 2 is 1.05 bits per heavy atom. The van der Waals surface area contributed by atoms with Crippen LogP contribution in [0.5, 0.6) is 5.75 Å². The van der Waals surface area contributed by atoms with Crippen molar-refractivity contribution in [2.75, 3.05) is 0 Å². The first-order valence-corrected chi connectivity index (χ1v) is 7.34. The first-order chi connectivity index (χ1) is 9.49. The van der Waals surface area contributed by atoms with E-state index < -0.39 is 0 Å². The Balaban J connectivity index is 0.000000327. The number of benzene rings is 2. The molecule has 0 saturated carbocycles. The first kappa shape index (κ1) is 18.2. The minimum Gasteiger partial charge on any atom is -0.593 e. The second-order valence-corrected chi connectivity index (χ2v) is 4.93. The molecule has 0 aliphatic heterocycles. The molecule has 2 aromatic rings. The fourth-order valence-electron chi connectivity index (χ4n) is 1.50. The Hall–Kier alpha value is -1.76. The monoisotopic (exact) mass is 273 g/mol. The van der Waals surface area contributed by atoms with Gasteiger partial charge in [-0.25, -0.2) is 0 Å². The summed E-state index contributed by atoms with van der Waals surface area (Å²) in [6, 6.07) is 16.2. The van der Waals surface area contributed by atoms with Crippen molar-refractivity contribution in [1.29, 1.82) is 0 Å². The largest absolute Gasteiger partial charge is 0.593 e. The predicted octanol–water partition coefficient (Wildman–Crippen LogP) is 5.58. The topological polar surface area (TPSA) is 22.9 Å². The number of aryl methyl sites for hydroxylation is 2. The fourth-order valence-corrected chi connectivity index (χ4v) is 1.50. The molecule has 2 N–H and O–H groups in total. The number of rotatable bonds is 1. The van der Waals surface area contributed by atoms with Crippen molar-refractivity contribution in [3.8, 4) is 5.75 Å². The molecule has 2 rings (SSSR count). The lowest BCUT2D eigenvalue weighted by Gasteiger charge is -2.02. The van der Waals surface area contributed by atoms with Gasteiger partial charge >= 0.3 is 0 Å². The summed E-state index contributed by atoms with van der Waals surface area (Å²) in [5.74, 6) is 1.16. The zero-order chi connectivity index (χ0) is 15.5. The molecule has 20 heavy (non-hydrogen) atoms. The van der Waals surface area contributed by atoms with E-state index in [0.717, 1.165) is 0 Å². The standard InChI is InChI=1S/C9H12O.C8H10.C2H6/c1-7(2)8-3-5-9(10)6-4-8;1-7-3-5-8(2)6-4-7;1-2/h3-7,10H,1-2H3;3-6H,1-2H3;1-2H3/p+1. The van der Waals surface area contributed by atoms with Crippen LogP contribution in [0, 0.1) is 13.8 Å². The van der Waals surface area contributed by atoms with Crippen LogP contribution in [-0.4, -0.2) is 5.11 Å². The van der Waals surface area contributed by atoms with Gasteiger partial charge in [0.15, 0.2) is 0 Å². The van der Waals surface area contributed by atoms with Crippen LogP contribution >= 0.6 is 0 Å². The van der Waals surface area contributed by atoms with Gasteiger partial charge in [0, 0.05) is 12.1 Å². The average Bonchev–Trinajstić information content (AvgIpc) is 2.45. The molecule has 0 spiro atoms. The highest BCUT2D eigenvalue weighted by molar-refractivity contribution is 5.27. The normalized spacial score (nSPS) is 9.15. The summed E-state index contributed by atoms with van der Waals surface area (Å²) in [5.41, 5.74) is 3.96. The fraction of sp³-hybridized carbons (Fsp3) is 0.368. The third-order valence-corrected chi connectivity index (χ3v) is 2.80. The SMILES string of the molecule is CC.CC(C)c1ccc([OH2+])cc1.Cc1ccc(C)cc1. The van der Waals surface area contributed by atoms with E-state index in [-0.39, 0.29) is 0 Å². The molecule has 0 fully saturated rings. The molecule has 0 heterocycles. The van der Waals surface area contributed by atoms with Gasteiger partial charge in [0.25, 0.3) is 5.75 Å². The molecule has 0 radical (unpaired) electrons. The van der Waals surface area contributed by atoms with Crippen LogP contribution < -0.4 is 0 Å². The van der Waals surface area contributed by atoms with E-state index in [2.05, 4.69) is 52.0 Å². The summed E-state index contributed by atoms with van der Waals surface area (Å²) < 4.78 is 0. The minimum atomic E-state index is 0.570. The lowest BCUT2D eigenvalue weighted by atomic mass is 10.0. The molecular formula is C19H29O+.